The highest BCUT2D eigenvalue weighted by Crippen LogP contribution is 2.37. The molecule has 1 aliphatic rings. The summed E-state index contributed by atoms with van der Waals surface area (Å²) < 4.78 is 7.53. The Labute approximate surface area is 215 Å². The van der Waals surface area contributed by atoms with E-state index in [1.807, 2.05) is 47.2 Å². The second kappa shape index (κ2) is 10.8. The van der Waals surface area contributed by atoms with Crippen molar-refractivity contribution in [3.8, 4) is 0 Å². The van der Waals surface area contributed by atoms with E-state index in [0.29, 0.717) is 28.3 Å². The molecule has 0 saturated carbocycles. The Kier molecular flexibility index (Phi) is 7.95. The lowest BCUT2D eigenvalue weighted by molar-refractivity contribution is 0.0210. The van der Waals surface area contributed by atoms with Crippen LogP contribution in [0.2, 0.25) is 15.1 Å². The second-order valence-electron chi connectivity index (χ2n) is 9.42. The van der Waals surface area contributed by atoms with Gasteiger partial charge in [0.1, 0.15) is 0 Å². The van der Waals surface area contributed by atoms with Gasteiger partial charge in [-0.1, -0.05) is 85.9 Å². The minimum Gasteiger partial charge on any atom is -0.379 e. The zero-order chi connectivity index (χ0) is 24.3. The normalized spacial score (nSPS) is 17.2. The third kappa shape index (κ3) is 5.81. The fourth-order valence-electron chi connectivity index (χ4n) is 4.15. The van der Waals surface area contributed by atoms with Gasteiger partial charge >= 0.3 is 0 Å². The van der Waals surface area contributed by atoms with E-state index in [2.05, 4.69) is 47.3 Å². The van der Waals surface area contributed by atoms with Crippen molar-refractivity contribution in [3.63, 3.8) is 0 Å². The standard InChI is InChI=1S/C25H28Cl3N5O/c1-25(2,3)22(11-7-17-4-10-20(27)16-21(17)28)33-24(29-30-31-33)23(32-12-14-34-15-13-32)18-5-8-19(26)9-6-18/h4-11,16,22-23H,12-15H2,1-3H3/b11-7+/t22-,23-/m1/s1. The smallest absolute Gasteiger partial charge is 0.173 e. The van der Waals surface area contributed by atoms with Gasteiger partial charge in [-0.2, -0.15) is 0 Å². The van der Waals surface area contributed by atoms with Gasteiger partial charge in [0.2, 0.25) is 0 Å². The van der Waals surface area contributed by atoms with E-state index in [1.165, 1.54) is 0 Å². The zero-order valence-corrected chi connectivity index (χ0v) is 21.7. The van der Waals surface area contributed by atoms with Gasteiger partial charge in [0.15, 0.2) is 5.82 Å². The Hall–Kier alpha value is -1.96. The highest BCUT2D eigenvalue weighted by Gasteiger charge is 2.34. The van der Waals surface area contributed by atoms with Crippen molar-refractivity contribution in [2.75, 3.05) is 26.3 Å². The number of morpholine rings is 1. The Morgan fingerprint density at radius 1 is 0.971 bits per heavy atom. The van der Waals surface area contributed by atoms with Crippen LogP contribution < -0.4 is 0 Å². The molecule has 1 fully saturated rings. The van der Waals surface area contributed by atoms with Crippen LogP contribution in [0, 0.1) is 5.41 Å². The zero-order valence-electron chi connectivity index (χ0n) is 19.5. The summed E-state index contributed by atoms with van der Waals surface area (Å²) in [6, 6.07) is 13.1. The number of benzene rings is 2. The molecular weight excluding hydrogens is 493 g/mol. The maximum absolute atomic E-state index is 6.42. The van der Waals surface area contributed by atoms with Gasteiger partial charge in [-0.05, 0) is 51.2 Å². The van der Waals surface area contributed by atoms with Crippen LogP contribution in [-0.2, 0) is 4.74 Å². The lowest BCUT2D eigenvalue weighted by Crippen LogP contribution is -2.41. The van der Waals surface area contributed by atoms with Crippen LogP contribution in [0.4, 0.5) is 0 Å². The van der Waals surface area contributed by atoms with Crippen molar-refractivity contribution in [1.29, 1.82) is 0 Å². The molecule has 0 unspecified atom stereocenters. The Morgan fingerprint density at radius 3 is 2.29 bits per heavy atom. The van der Waals surface area contributed by atoms with Gasteiger partial charge in [-0.3, -0.25) is 4.90 Å². The van der Waals surface area contributed by atoms with Crippen molar-refractivity contribution >= 4 is 40.9 Å². The van der Waals surface area contributed by atoms with E-state index in [4.69, 9.17) is 39.5 Å². The lowest BCUT2D eigenvalue weighted by atomic mass is 9.86. The molecule has 2 aromatic carbocycles. The number of aromatic nitrogens is 4. The van der Waals surface area contributed by atoms with E-state index >= 15 is 0 Å². The molecule has 1 aliphatic heterocycles. The van der Waals surface area contributed by atoms with Crippen LogP contribution in [0.1, 0.15) is 49.8 Å². The average molecular weight is 521 g/mol. The van der Waals surface area contributed by atoms with Crippen molar-refractivity contribution in [2.24, 2.45) is 5.41 Å². The number of rotatable bonds is 6. The molecular formula is C25H28Cl3N5O. The van der Waals surface area contributed by atoms with E-state index in [0.717, 1.165) is 30.0 Å². The monoisotopic (exact) mass is 519 g/mol. The van der Waals surface area contributed by atoms with Crippen LogP contribution in [0.15, 0.2) is 48.5 Å². The van der Waals surface area contributed by atoms with Crippen molar-refractivity contribution in [3.05, 3.63) is 80.6 Å². The molecule has 180 valence electrons. The average Bonchev–Trinajstić information content (AvgIpc) is 3.25. The summed E-state index contributed by atoms with van der Waals surface area (Å²) in [5, 5.41) is 15.0. The quantitative estimate of drug-likeness (QED) is 0.379. The van der Waals surface area contributed by atoms with E-state index in [1.54, 1.807) is 6.07 Å². The Balaban J connectivity index is 1.76. The molecule has 6 nitrogen and oxygen atoms in total. The largest absolute Gasteiger partial charge is 0.379 e. The summed E-state index contributed by atoms with van der Waals surface area (Å²) >= 11 is 18.7. The number of allylic oxidation sites excluding steroid dienone is 1. The molecule has 0 spiro atoms. The number of hydrogen-bond acceptors (Lipinski definition) is 5. The third-order valence-corrected chi connectivity index (χ3v) is 6.75. The first-order chi connectivity index (χ1) is 16.2. The maximum atomic E-state index is 6.42. The molecule has 0 aliphatic carbocycles. The summed E-state index contributed by atoms with van der Waals surface area (Å²) in [6.45, 7) is 9.43. The molecule has 34 heavy (non-hydrogen) atoms. The number of hydrogen-bond donors (Lipinski definition) is 0. The minimum absolute atomic E-state index is 0.125. The summed E-state index contributed by atoms with van der Waals surface area (Å²) in [6.07, 6.45) is 4.11. The fraction of sp³-hybridized carbons (Fsp3) is 0.400. The lowest BCUT2D eigenvalue weighted by Gasteiger charge is -2.36. The summed E-state index contributed by atoms with van der Waals surface area (Å²) in [5.41, 5.74) is 1.80. The van der Waals surface area contributed by atoms with Crippen LogP contribution >= 0.6 is 34.8 Å². The maximum Gasteiger partial charge on any atom is 0.173 e. The highest BCUT2D eigenvalue weighted by atomic mass is 35.5. The molecule has 2 atom stereocenters. The molecule has 4 rings (SSSR count). The van der Waals surface area contributed by atoms with Gasteiger partial charge in [0.05, 0.1) is 25.3 Å². The summed E-state index contributed by atoms with van der Waals surface area (Å²) in [5.74, 6) is 0.774. The third-order valence-electron chi connectivity index (χ3n) is 5.93. The Bertz CT molecular complexity index is 1130. The van der Waals surface area contributed by atoms with E-state index in [-0.39, 0.29) is 17.5 Å². The van der Waals surface area contributed by atoms with E-state index < -0.39 is 0 Å². The van der Waals surface area contributed by atoms with Gasteiger partial charge < -0.3 is 4.74 Å². The van der Waals surface area contributed by atoms with Crippen molar-refractivity contribution in [1.82, 2.24) is 25.1 Å². The molecule has 1 aromatic heterocycles. The molecule has 0 amide bonds. The molecule has 0 N–H and O–H groups in total. The summed E-state index contributed by atoms with van der Waals surface area (Å²) in [4.78, 5) is 2.36. The van der Waals surface area contributed by atoms with E-state index in [9.17, 15) is 0 Å². The SMILES string of the molecule is CC(C)(C)[C@@H](/C=C/c1ccc(Cl)cc1Cl)n1nnnc1[C@@H](c1ccc(Cl)cc1)N1CCOCC1. The molecule has 2 heterocycles. The van der Waals surface area contributed by atoms with Crippen LogP contribution in [0.5, 0.6) is 0 Å². The fourth-order valence-corrected chi connectivity index (χ4v) is 4.75. The number of tetrazole rings is 1. The predicted octanol–water partition coefficient (Wildman–Crippen LogP) is 6.36. The molecule has 9 heteroatoms. The molecule has 3 aromatic rings. The minimum atomic E-state index is -0.172. The van der Waals surface area contributed by atoms with Gasteiger partial charge in [0.25, 0.3) is 0 Å². The Morgan fingerprint density at radius 2 is 1.65 bits per heavy atom. The van der Waals surface area contributed by atoms with Crippen LogP contribution in [0.25, 0.3) is 6.08 Å². The second-order valence-corrected chi connectivity index (χ2v) is 10.7. The van der Waals surface area contributed by atoms with Crippen LogP contribution in [-0.4, -0.2) is 51.4 Å². The first-order valence-electron chi connectivity index (χ1n) is 11.2. The molecule has 0 radical (unpaired) electrons. The predicted molar refractivity (Wildman–Crippen MR) is 137 cm³/mol. The first-order valence-corrected chi connectivity index (χ1v) is 12.4. The number of halogens is 3. The highest BCUT2D eigenvalue weighted by molar-refractivity contribution is 6.35. The van der Waals surface area contributed by atoms with Crippen LogP contribution in [0.3, 0.4) is 0 Å². The first kappa shape index (κ1) is 25.1. The topological polar surface area (TPSA) is 56.1 Å². The number of ether oxygens (including phenoxy) is 1. The molecule has 0 bridgehead atoms. The number of nitrogens with zero attached hydrogens (tertiary/aromatic N) is 5. The van der Waals surface area contributed by atoms with Gasteiger partial charge in [-0.25, -0.2) is 4.68 Å². The van der Waals surface area contributed by atoms with Gasteiger partial charge in [-0.15, -0.1) is 5.10 Å². The van der Waals surface area contributed by atoms with Crippen molar-refractivity contribution in [2.45, 2.75) is 32.9 Å². The van der Waals surface area contributed by atoms with Crippen molar-refractivity contribution < 1.29 is 4.74 Å². The molecule has 1 saturated heterocycles. The summed E-state index contributed by atoms with van der Waals surface area (Å²) in [7, 11) is 0. The van der Waals surface area contributed by atoms with Gasteiger partial charge in [0, 0.05) is 28.2 Å².